The Morgan fingerprint density at radius 3 is 2.77 bits per heavy atom. The van der Waals surface area contributed by atoms with E-state index < -0.39 is 12.0 Å². The number of nitrogens with one attached hydrogen (secondary N) is 1. The highest BCUT2D eigenvalue weighted by atomic mass is 35.5. The van der Waals surface area contributed by atoms with E-state index in [1.165, 1.54) is 0 Å². The van der Waals surface area contributed by atoms with E-state index in [1.54, 1.807) is 10.9 Å². The van der Waals surface area contributed by atoms with Crippen LogP contribution in [0.15, 0.2) is 36.7 Å². The first-order chi connectivity index (χ1) is 10.6. The van der Waals surface area contributed by atoms with Gasteiger partial charge in [0.15, 0.2) is 0 Å². The number of carboxylic acid groups (broad SMARTS) is 1. The quantitative estimate of drug-likeness (QED) is 0.783. The third-order valence-corrected chi connectivity index (χ3v) is 3.68. The summed E-state index contributed by atoms with van der Waals surface area (Å²) < 4.78 is 1.75. The number of aliphatic carboxylic acids is 1. The molecule has 1 atom stereocenters. The fourth-order valence-electron chi connectivity index (χ4n) is 2.15. The summed E-state index contributed by atoms with van der Waals surface area (Å²) in [5, 5.41) is 17.2. The summed E-state index contributed by atoms with van der Waals surface area (Å²) in [7, 11) is 0. The molecule has 0 bridgehead atoms. The van der Waals surface area contributed by atoms with Crippen molar-refractivity contribution in [1.29, 1.82) is 0 Å². The number of benzene rings is 1. The molecular weight excluding hydrogens is 302 g/mol. The van der Waals surface area contributed by atoms with Gasteiger partial charge in [0.25, 0.3) is 0 Å². The fourth-order valence-corrected chi connectivity index (χ4v) is 2.27. The minimum absolute atomic E-state index is 0.480. The Morgan fingerprint density at radius 1 is 1.41 bits per heavy atom. The molecule has 0 aliphatic carbocycles. The summed E-state index contributed by atoms with van der Waals surface area (Å²) in [6.45, 7) is 2.53. The molecule has 1 heterocycles. The number of halogens is 1. The molecule has 2 N–H and O–H groups in total. The normalized spacial score (nSPS) is 12.3. The number of carbonyl (C=O) groups is 1. The zero-order valence-corrected chi connectivity index (χ0v) is 13.3. The molecule has 0 unspecified atom stereocenters. The molecule has 5 nitrogen and oxygen atoms in total. The minimum atomic E-state index is -0.807. The number of carboxylic acids is 1. The van der Waals surface area contributed by atoms with E-state index in [0.717, 1.165) is 24.1 Å². The van der Waals surface area contributed by atoms with Crippen LogP contribution in [-0.2, 0) is 11.3 Å². The highest BCUT2D eigenvalue weighted by Crippen LogP contribution is 2.13. The Hall–Kier alpha value is -1.85. The van der Waals surface area contributed by atoms with Crippen LogP contribution < -0.4 is 5.32 Å². The van der Waals surface area contributed by atoms with Crippen LogP contribution in [0.5, 0.6) is 0 Å². The van der Waals surface area contributed by atoms with E-state index in [0.29, 0.717) is 18.0 Å². The van der Waals surface area contributed by atoms with Crippen molar-refractivity contribution in [3.63, 3.8) is 0 Å². The van der Waals surface area contributed by atoms with Gasteiger partial charge in [-0.15, -0.1) is 0 Å². The second kappa shape index (κ2) is 7.96. The average molecular weight is 322 g/mol. The first kappa shape index (κ1) is 16.5. The van der Waals surface area contributed by atoms with Gasteiger partial charge in [-0.1, -0.05) is 31.4 Å². The van der Waals surface area contributed by atoms with Crippen molar-refractivity contribution in [2.24, 2.45) is 0 Å². The predicted octanol–water partition coefficient (Wildman–Crippen LogP) is 3.26. The molecule has 0 radical (unpaired) electrons. The van der Waals surface area contributed by atoms with Crippen LogP contribution in [0.3, 0.4) is 0 Å². The lowest BCUT2D eigenvalue weighted by Crippen LogP contribution is -2.36. The van der Waals surface area contributed by atoms with Crippen LogP contribution in [0.2, 0.25) is 5.02 Å². The molecule has 0 saturated heterocycles. The Bertz CT molecular complexity index is 610. The number of hydrogen-bond acceptors (Lipinski definition) is 3. The van der Waals surface area contributed by atoms with Crippen LogP contribution in [-0.4, -0.2) is 26.9 Å². The molecule has 118 valence electrons. The van der Waals surface area contributed by atoms with E-state index >= 15 is 0 Å². The lowest BCUT2D eigenvalue weighted by atomic mass is 10.1. The van der Waals surface area contributed by atoms with Crippen LogP contribution in [0.4, 0.5) is 0 Å². The Kier molecular flexibility index (Phi) is 5.98. The number of rotatable bonds is 8. The van der Waals surface area contributed by atoms with E-state index in [4.69, 9.17) is 11.6 Å². The van der Waals surface area contributed by atoms with Gasteiger partial charge in [0.1, 0.15) is 6.04 Å². The van der Waals surface area contributed by atoms with Gasteiger partial charge < -0.3 is 10.4 Å². The third-order valence-electron chi connectivity index (χ3n) is 3.42. The SMILES string of the molecule is CCCC[C@H](NCc1cnn(-c2ccc(Cl)cc2)c1)C(=O)O. The number of aromatic nitrogens is 2. The van der Waals surface area contributed by atoms with Gasteiger partial charge in [0.2, 0.25) is 0 Å². The first-order valence-corrected chi connectivity index (χ1v) is 7.73. The lowest BCUT2D eigenvalue weighted by molar-refractivity contribution is -0.139. The van der Waals surface area contributed by atoms with Crippen LogP contribution in [0.25, 0.3) is 5.69 Å². The Labute approximate surface area is 134 Å². The monoisotopic (exact) mass is 321 g/mol. The molecule has 0 fully saturated rings. The fraction of sp³-hybridized carbons (Fsp3) is 0.375. The highest BCUT2D eigenvalue weighted by molar-refractivity contribution is 6.30. The molecule has 0 aliphatic heterocycles. The maximum absolute atomic E-state index is 11.2. The van der Waals surface area contributed by atoms with Crippen LogP contribution in [0, 0.1) is 0 Å². The maximum atomic E-state index is 11.2. The molecule has 2 rings (SSSR count). The van der Waals surface area contributed by atoms with Gasteiger partial charge in [0.05, 0.1) is 11.9 Å². The Morgan fingerprint density at radius 2 is 2.14 bits per heavy atom. The van der Waals surface area contributed by atoms with Crippen molar-refractivity contribution in [2.45, 2.75) is 38.8 Å². The molecule has 0 spiro atoms. The third kappa shape index (κ3) is 4.58. The van der Waals surface area contributed by atoms with Gasteiger partial charge in [0, 0.05) is 23.3 Å². The molecule has 0 amide bonds. The zero-order valence-electron chi connectivity index (χ0n) is 12.5. The number of hydrogen-bond donors (Lipinski definition) is 2. The van der Waals surface area contributed by atoms with Crippen molar-refractivity contribution in [3.05, 3.63) is 47.2 Å². The van der Waals surface area contributed by atoms with Crippen LogP contribution >= 0.6 is 11.6 Å². The van der Waals surface area contributed by atoms with Crippen molar-refractivity contribution >= 4 is 17.6 Å². The average Bonchev–Trinajstić information content (AvgIpc) is 2.96. The van der Waals surface area contributed by atoms with Gasteiger partial charge >= 0.3 is 5.97 Å². The second-order valence-electron chi connectivity index (χ2n) is 5.18. The highest BCUT2D eigenvalue weighted by Gasteiger charge is 2.16. The van der Waals surface area contributed by atoms with Crippen LogP contribution in [0.1, 0.15) is 31.7 Å². The van der Waals surface area contributed by atoms with Gasteiger partial charge in [-0.3, -0.25) is 4.79 Å². The largest absolute Gasteiger partial charge is 0.480 e. The second-order valence-corrected chi connectivity index (χ2v) is 5.62. The molecule has 6 heteroatoms. The Balaban J connectivity index is 1.96. The van der Waals surface area contributed by atoms with E-state index in [9.17, 15) is 9.90 Å². The van der Waals surface area contributed by atoms with E-state index in [1.807, 2.05) is 30.5 Å². The zero-order chi connectivity index (χ0) is 15.9. The maximum Gasteiger partial charge on any atom is 0.320 e. The standard InChI is InChI=1S/C16H20ClN3O2/c1-2-3-4-15(16(21)22)18-9-12-10-19-20(11-12)14-7-5-13(17)6-8-14/h5-8,10-11,15,18H,2-4,9H2,1H3,(H,21,22)/t15-/m0/s1. The molecule has 1 aromatic heterocycles. The summed E-state index contributed by atoms with van der Waals surface area (Å²) in [6, 6.07) is 6.87. The molecule has 22 heavy (non-hydrogen) atoms. The van der Waals surface area contributed by atoms with Crippen molar-refractivity contribution < 1.29 is 9.90 Å². The van der Waals surface area contributed by atoms with Crippen molar-refractivity contribution in [2.75, 3.05) is 0 Å². The smallest absolute Gasteiger partial charge is 0.320 e. The summed E-state index contributed by atoms with van der Waals surface area (Å²) in [5.74, 6) is -0.807. The number of nitrogens with zero attached hydrogens (tertiary/aromatic N) is 2. The predicted molar refractivity (Wildman–Crippen MR) is 86.4 cm³/mol. The van der Waals surface area contributed by atoms with E-state index in [-0.39, 0.29) is 0 Å². The molecular formula is C16H20ClN3O2. The van der Waals surface area contributed by atoms with Crippen molar-refractivity contribution in [3.8, 4) is 5.69 Å². The summed E-state index contributed by atoms with van der Waals surface area (Å²) >= 11 is 5.86. The van der Waals surface area contributed by atoms with Gasteiger partial charge in [-0.25, -0.2) is 4.68 Å². The summed E-state index contributed by atoms with van der Waals surface area (Å²) in [5.41, 5.74) is 1.86. The van der Waals surface area contributed by atoms with Gasteiger partial charge in [-0.2, -0.15) is 5.10 Å². The number of unbranched alkanes of at least 4 members (excludes halogenated alkanes) is 1. The molecule has 0 saturated carbocycles. The lowest BCUT2D eigenvalue weighted by Gasteiger charge is -2.12. The minimum Gasteiger partial charge on any atom is -0.480 e. The first-order valence-electron chi connectivity index (χ1n) is 7.36. The molecule has 2 aromatic rings. The molecule has 1 aromatic carbocycles. The topological polar surface area (TPSA) is 67.2 Å². The van der Waals surface area contributed by atoms with Gasteiger partial charge in [-0.05, 0) is 30.7 Å². The van der Waals surface area contributed by atoms with E-state index in [2.05, 4.69) is 17.3 Å². The summed E-state index contributed by atoms with van der Waals surface area (Å²) in [6.07, 6.45) is 6.14. The summed E-state index contributed by atoms with van der Waals surface area (Å²) in [4.78, 5) is 11.2. The molecule has 0 aliphatic rings. The van der Waals surface area contributed by atoms with Crippen molar-refractivity contribution in [1.82, 2.24) is 15.1 Å².